The third-order valence-electron chi connectivity index (χ3n) is 2.87. The zero-order valence-electron chi connectivity index (χ0n) is 11.4. The topological polar surface area (TPSA) is 84.6 Å². The van der Waals surface area contributed by atoms with Crippen LogP contribution in [0.1, 0.15) is 18.9 Å². The lowest BCUT2D eigenvalue weighted by atomic mass is 10.1. The minimum atomic E-state index is -0.588. The first-order valence-electron chi connectivity index (χ1n) is 6.35. The van der Waals surface area contributed by atoms with E-state index in [9.17, 15) is 9.90 Å². The van der Waals surface area contributed by atoms with E-state index in [4.69, 9.17) is 10.5 Å². The second-order valence-corrected chi connectivity index (χ2v) is 4.67. The molecule has 1 aromatic carbocycles. The van der Waals surface area contributed by atoms with Crippen molar-refractivity contribution in [3.8, 4) is 5.75 Å². The minimum absolute atomic E-state index is 0.0401. The Hall–Kier alpha value is -1.59. The van der Waals surface area contributed by atoms with Crippen LogP contribution < -0.4 is 11.1 Å². The van der Waals surface area contributed by atoms with Gasteiger partial charge in [-0.05, 0) is 37.5 Å². The van der Waals surface area contributed by atoms with Crippen molar-refractivity contribution in [2.45, 2.75) is 31.8 Å². The minimum Gasteiger partial charge on any atom is -0.508 e. The Bertz CT molecular complexity index is 392. The molecule has 1 unspecified atom stereocenters. The number of carbonyl (C=O) groups excluding carboxylic acids is 1. The molecule has 19 heavy (non-hydrogen) atoms. The molecule has 0 aliphatic carbocycles. The summed E-state index contributed by atoms with van der Waals surface area (Å²) in [6.45, 7) is 2.53. The summed E-state index contributed by atoms with van der Waals surface area (Å²) in [5, 5.41) is 12.0. The van der Waals surface area contributed by atoms with E-state index in [1.807, 2.05) is 6.92 Å². The Morgan fingerprint density at radius 3 is 2.63 bits per heavy atom. The van der Waals surface area contributed by atoms with Crippen LogP contribution >= 0.6 is 0 Å². The fourth-order valence-electron chi connectivity index (χ4n) is 1.70. The van der Waals surface area contributed by atoms with E-state index in [1.54, 1.807) is 31.4 Å². The van der Waals surface area contributed by atoms with Gasteiger partial charge in [-0.2, -0.15) is 0 Å². The Labute approximate surface area is 113 Å². The van der Waals surface area contributed by atoms with Crippen LogP contribution in [0.15, 0.2) is 24.3 Å². The highest BCUT2D eigenvalue weighted by molar-refractivity contribution is 5.82. The summed E-state index contributed by atoms with van der Waals surface area (Å²) in [7, 11) is 1.63. The first kappa shape index (κ1) is 15.5. The number of carbonyl (C=O) groups is 1. The van der Waals surface area contributed by atoms with E-state index in [0.29, 0.717) is 13.0 Å². The fraction of sp³-hybridized carbons (Fsp3) is 0.500. The fourth-order valence-corrected chi connectivity index (χ4v) is 1.70. The summed E-state index contributed by atoms with van der Waals surface area (Å²) in [4.78, 5) is 11.9. The number of rotatable bonds is 7. The van der Waals surface area contributed by atoms with E-state index in [1.165, 1.54) is 0 Å². The summed E-state index contributed by atoms with van der Waals surface area (Å²) < 4.78 is 4.96. The zero-order chi connectivity index (χ0) is 14.3. The number of aromatic hydroxyl groups is 1. The molecule has 0 aliphatic heterocycles. The average molecular weight is 266 g/mol. The Balaban J connectivity index is 2.42. The molecule has 0 radical (unpaired) electrons. The molecule has 0 bridgehead atoms. The molecule has 106 valence electrons. The number of nitrogens with one attached hydrogen (secondary N) is 1. The van der Waals surface area contributed by atoms with Crippen LogP contribution in [0.2, 0.25) is 0 Å². The number of methoxy groups -OCH3 is 1. The van der Waals surface area contributed by atoms with E-state index in [0.717, 1.165) is 12.0 Å². The monoisotopic (exact) mass is 266 g/mol. The van der Waals surface area contributed by atoms with E-state index < -0.39 is 6.04 Å². The Morgan fingerprint density at radius 1 is 1.42 bits per heavy atom. The molecule has 1 aromatic rings. The second kappa shape index (κ2) is 7.76. The van der Waals surface area contributed by atoms with E-state index >= 15 is 0 Å². The molecule has 0 aliphatic rings. The van der Waals surface area contributed by atoms with Crippen LogP contribution in [0.3, 0.4) is 0 Å². The average Bonchev–Trinajstić information content (AvgIpc) is 2.39. The molecule has 5 nitrogen and oxygen atoms in total. The molecule has 4 N–H and O–H groups in total. The van der Waals surface area contributed by atoms with E-state index in [-0.39, 0.29) is 17.7 Å². The summed E-state index contributed by atoms with van der Waals surface area (Å²) in [6, 6.07) is 6.14. The largest absolute Gasteiger partial charge is 0.508 e. The van der Waals surface area contributed by atoms with Gasteiger partial charge in [-0.15, -0.1) is 0 Å². The summed E-state index contributed by atoms with van der Waals surface area (Å²) in [5.74, 6) is 0.0339. The molecule has 0 aromatic heterocycles. The van der Waals surface area contributed by atoms with Crippen molar-refractivity contribution in [1.82, 2.24) is 5.32 Å². The molecular formula is C14H22N2O3. The predicted octanol–water partition coefficient (Wildman–Crippen LogP) is 0.803. The first-order valence-corrected chi connectivity index (χ1v) is 6.35. The number of hydrogen-bond donors (Lipinski definition) is 3. The van der Waals surface area contributed by atoms with Crippen LogP contribution in [-0.2, 0) is 16.0 Å². The number of phenols is 1. The number of amides is 1. The lowest BCUT2D eigenvalue weighted by Gasteiger charge is -2.17. The molecule has 2 atom stereocenters. The molecular weight excluding hydrogens is 244 g/mol. The van der Waals surface area contributed by atoms with Gasteiger partial charge in [0.05, 0.1) is 6.04 Å². The van der Waals surface area contributed by atoms with Gasteiger partial charge >= 0.3 is 0 Å². The Morgan fingerprint density at radius 2 is 2.05 bits per heavy atom. The normalized spacial score (nSPS) is 13.8. The van der Waals surface area contributed by atoms with Crippen LogP contribution in [0.25, 0.3) is 0 Å². The van der Waals surface area contributed by atoms with Gasteiger partial charge in [-0.25, -0.2) is 0 Å². The number of nitrogens with two attached hydrogens (primary N) is 1. The first-order chi connectivity index (χ1) is 9.02. The van der Waals surface area contributed by atoms with Gasteiger partial charge in [0.1, 0.15) is 5.75 Å². The van der Waals surface area contributed by atoms with Gasteiger partial charge in [0.15, 0.2) is 0 Å². The molecule has 0 spiro atoms. The number of phenolic OH excluding ortho intramolecular Hbond substituents is 1. The predicted molar refractivity (Wildman–Crippen MR) is 73.9 cm³/mol. The van der Waals surface area contributed by atoms with Gasteiger partial charge in [0, 0.05) is 19.8 Å². The maximum absolute atomic E-state index is 11.9. The molecule has 5 heteroatoms. The van der Waals surface area contributed by atoms with Crippen molar-refractivity contribution in [1.29, 1.82) is 0 Å². The number of ether oxygens (including phenoxy) is 1. The van der Waals surface area contributed by atoms with Crippen LogP contribution in [-0.4, -0.2) is 36.8 Å². The highest BCUT2D eigenvalue weighted by Crippen LogP contribution is 2.10. The van der Waals surface area contributed by atoms with Crippen LogP contribution in [0.5, 0.6) is 5.75 Å². The van der Waals surface area contributed by atoms with Gasteiger partial charge < -0.3 is 20.9 Å². The number of benzene rings is 1. The SMILES string of the molecule is COCCC(C)NC(=O)[C@@H](N)Cc1ccc(O)cc1. The van der Waals surface area contributed by atoms with Gasteiger partial charge in [-0.3, -0.25) is 4.79 Å². The maximum atomic E-state index is 11.9. The molecule has 0 saturated carbocycles. The molecule has 0 fully saturated rings. The summed E-state index contributed by atoms with van der Waals surface area (Å²) in [6.07, 6.45) is 1.21. The second-order valence-electron chi connectivity index (χ2n) is 4.67. The van der Waals surface area contributed by atoms with Gasteiger partial charge in [0.2, 0.25) is 5.91 Å². The zero-order valence-corrected chi connectivity index (χ0v) is 11.4. The quantitative estimate of drug-likeness (QED) is 0.681. The van der Waals surface area contributed by atoms with Gasteiger partial charge in [-0.1, -0.05) is 12.1 Å². The molecule has 0 heterocycles. The molecule has 1 rings (SSSR count). The highest BCUT2D eigenvalue weighted by atomic mass is 16.5. The van der Waals surface area contributed by atoms with Crippen LogP contribution in [0.4, 0.5) is 0 Å². The third kappa shape index (κ3) is 5.72. The van der Waals surface area contributed by atoms with E-state index in [2.05, 4.69) is 5.32 Å². The van der Waals surface area contributed by atoms with Crippen LogP contribution in [0, 0.1) is 0 Å². The lowest BCUT2D eigenvalue weighted by molar-refractivity contribution is -0.123. The summed E-state index contributed by atoms with van der Waals surface area (Å²) in [5.41, 5.74) is 6.78. The van der Waals surface area contributed by atoms with Crippen molar-refractivity contribution in [3.63, 3.8) is 0 Å². The van der Waals surface area contributed by atoms with Gasteiger partial charge in [0.25, 0.3) is 0 Å². The highest BCUT2D eigenvalue weighted by Gasteiger charge is 2.16. The number of hydrogen-bond acceptors (Lipinski definition) is 4. The Kier molecular flexibility index (Phi) is 6.32. The maximum Gasteiger partial charge on any atom is 0.237 e. The standard InChI is InChI=1S/C14H22N2O3/c1-10(7-8-19-2)16-14(18)13(15)9-11-3-5-12(17)6-4-11/h3-6,10,13,17H,7-9,15H2,1-2H3,(H,16,18)/t10?,13-/m0/s1. The smallest absolute Gasteiger partial charge is 0.237 e. The third-order valence-corrected chi connectivity index (χ3v) is 2.87. The van der Waals surface area contributed by atoms with Crippen molar-refractivity contribution >= 4 is 5.91 Å². The lowest BCUT2D eigenvalue weighted by Crippen LogP contribution is -2.45. The van der Waals surface area contributed by atoms with Crippen molar-refractivity contribution < 1.29 is 14.6 Å². The van der Waals surface area contributed by atoms with Crippen molar-refractivity contribution in [3.05, 3.63) is 29.8 Å². The van der Waals surface area contributed by atoms with Crippen molar-refractivity contribution in [2.75, 3.05) is 13.7 Å². The van der Waals surface area contributed by atoms with Crippen molar-refractivity contribution in [2.24, 2.45) is 5.73 Å². The molecule has 0 saturated heterocycles. The summed E-state index contributed by atoms with van der Waals surface area (Å²) >= 11 is 0. The molecule has 1 amide bonds.